The average molecular weight is 450 g/mol. The maximum absolute atomic E-state index is 13.3. The lowest BCUT2D eigenvalue weighted by atomic mass is 10.1. The molecule has 7 heteroatoms. The molecule has 0 spiro atoms. The van der Waals surface area contributed by atoms with E-state index in [0.717, 1.165) is 26.6 Å². The molecule has 6 nitrogen and oxygen atoms in total. The third kappa shape index (κ3) is 3.83. The molecule has 0 radical (unpaired) electrons. The van der Waals surface area contributed by atoms with Crippen LogP contribution in [0.4, 0.5) is 0 Å². The minimum Gasteiger partial charge on any atom is -0.300 e. The molecule has 144 valence electrons. The summed E-state index contributed by atoms with van der Waals surface area (Å²) in [6.07, 6.45) is 0. The quantitative estimate of drug-likeness (QED) is 0.364. The summed E-state index contributed by atoms with van der Waals surface area (Å²) in [5.74, 6) is -0.583. The van der Waals surface area contributed by atoms with Crippen LogP contribution in [0.5, 0.6) is 0 Å². The van der Waals surface area contributed by atoms with Gasteiger partial charge in [0.1, 0.15) is 5.69 Å². The number of carbonyl (C=O) groups is 1. The Bertz CT molecular complexity index is 1250. The number of hydrogen-bond donors (Lipinski definition) is 2. The zero-order chi connectivity index (χ0) is 20.4. The number of carbonyl (C=O) groups excluding carboxylic acids is 1. The summed E-state index contributed by atoms with van der Waals surface area (Å²) in [5, 5.41) is 8.75. The molecule has 1 aromatic heterocycles. The average Bonchev–Trinajstić information content (AvgIpc) is 2.76. The summed E-state index contributed by atoms with van der Waals surface area (Å²) in [6.45, 7) is 0.326. The predicted octanol–water partition coefficient (Wildman–Crippen LogP) is 3.99. The van der Waals surface area contributed by atoms with Crippen LogP contribution in [0.3, 0.4) is 0 Å². The van der Waals surface area contributed by atoms with E-state index in [1.807, 2.05) is 48.5 Å². The summed E-state index contributed by atoms with van der Waals surface area (Å²) in [5.41, 5.74) is 5.18. The van der Waals surface area contributed by atoms with Crippen LogP contribution in [0, 0.1) is 0 Å². The van der Waals surface area contributed by atoms with E-state index >= 15 is 0 Å². The van der Waals surface area contributed by atoms with Crippen LogP contribution in [-0.4, -0.2) is 20.7 Å². The highest BCUT2D eigenvalue weighted by atomic mass is 79.9. The van der Waals surface area contributed by atoms with Gasteiger partial charge in [-0.25, -0.2) is 10.5 Å². The maximum Gasteiger partial charge on any atom is 0.277 e. The Kier molecular flexibility index (Phi) is 5.24. The number of hydrogen-bond acceptors (Lipinski definition) is 4. The van der Waals surface area contributed by atoms with Crippen molar-refractivity contribution < 1.29 is 10.0 Å². The summed E-state index contributed by atoms with van der Waals surface area (Å²) in [4.78, 5) is 29.4. The molecule has 1 amide bonds. The van der Waals surface area contributed by atoms with Gasteiger partial charge in [0.05, 0.1) is 17.6 Å². The van der Waals surface area contributed by atoms with Gasteiger partial charge in [-0.2, -0.15) is 0 Å². The van der Waals surface area contributed by atoms with Gasteiger partial charge in [0.15, 0.2) is 0 Å². The summed E-state index contributed by atoms with van der Waals surface area (Å²) in [7, 11) is 0. The van der Waals surface area contributed by atoms with Gasteiger partial charge in [0.2, 0.25) is 0 Å². The first-order valence-electron chi connectivity index (χ1n) is 8.86. The van der Waals surface area contributed by atoms with Crippen LogP contribution in [0.25, 0.3) is 22.3 Å². The smallest absolute Gasteiger partial charge is 0.277 e. The van der Waals surface area contributed by atoms with E-state index in [1.54, 1.807) is 34.3 Å². The van der Waals surface area contributed by atoms with Crippen LogP contribution in [0.1, 0.15) is 15.9 Å². The second-order valence-electron chi connectivity index (χ2n) is 6.49. The van der Waals surface area contributed by atoms with E-state index in [-0.39, 0.29) is 5.56 Å². The Balaban J connectivity index is 1.82. The lowest BCUT2D eigenvalue weighted by molar-refractivity contribution is 0.0706. The molecule has 4 aromatic rings. The zero-order valence-electron chi connectivity index (χ0n) is 15.2. The SMILES string of the molecule is O=C(NO)c1ccc(Cn2c(=O)c(-c3ccc(Br)cc3)nc3ccccc32)cc1. The highest BCUT2D eigenvalue weighted by Gasteiger charge is 2.13. The number of aromatic nitrogens is 2. The van der Waals surface area contributed by atoms with Crippen LogP contribution < -0.4 is 11.0 Å². The molecule has 0 atom stereocenters. The van der Waals surface area contributed by atoms with Crippen LogP contribution in [-0.2, 0) is 6.54 Å². The predicted molar refractivity (Wildman–Crippen MR) is 114 cm³/mol. The minimum absolute atomic E-state index is 0.191. The Morgan fingerprint density at radius 2 is 1.69 bits per heavy atom. The molecule has 0 aliphatic rings. The van der Waals surface area contributed by atoms with Gasteiger partial charge in [-0.05, 0) is 42.0 Å². The molecule has 29 heavy (non-hydrogen) atoms. The van der Waals surface area contributed by atoms with Gasteiger partial charge in [-0.1, -0.05) is 52.3 Å². The highest BCUT2D eigenvalue weighted by molar-refractivity contribution is 9.10. The van der Waals surface area contributed by atoms with Gasteiger partial charge >= 0.3 is 0 Å². The molecular weight excluding hydrogens is 434 g/mol. The molecule has 4 rings (SSSR count). The van der Waals surface area contributed by atoms with E-state index in [4.69, 9.17) is 5.21 Å². The van der Waals surface area contributed by atoms with Gasteiger partial charge in [-0.15, -0.1) is 0 Å². The van der Waals surface area contributed by atoms with Crippen LogP contribution in [0.2, 0.25) is 0 Å². The number of benzene rings is 3. The van der Waals surface area contributed by atoms with Gasteiger partial charge in [0.25, 0.3) is 11.5 Å². The monoisotopic (exact) mass is 449 g/mol. The largest absolute Gasteiger partial charge is 0.300 e. The lowest BCUT2D eigenvalue weighted by Crippen LogP contribution is -2.24. The first-order chi connectivity index (χ1) is 14.1. The standard InChI is InChI=1S/C22H16BrN3O3/c23-17-11-9-15(10-12-17)20-22(28)26(19-4-2-1-3-18(19)24-20)13-14-5-7-16(8-6-14)21(27)25-29/h1-12,29H,13H2,(H,25,27). The highest BCUT2D eigenvalue weighted by Crippen LogP contribution is 2.21. The summed E-state index contributed by atoms with van der Waals surface area (Å²) in [6, 6.07) is 21.7. The number of para-hydroxylation sites is 2. The summed E-state index contributed by atoms with van der Waals surface area (Å²) >= 11 is 3.41. The van der Waals surface area contributed by atoms with Crippen molar-refractivity contribution in [2.75, 3.05) is 0 Å². The van der Waals surface area contributed by atoms with E-state index in [1.165, 1.54) is 0 Å². The fraction of sp³-hybridized carbons (Fsp3) is 0.0455. The van der Waals surface area contributed by atoms with Crippen molar-refractivity contribution in [1.82, 2.24) is 15.0 Å². The number of halogens is 1. The molecule has 2 N–H and O–H groups in total. The molecule has 0 saturated heterocycles. The third-order valence-electron chi connectivity index (χ3n) is 4.63. The third-order valence-corrected chi connectivity index (χ3v) is 5.16. The number of rotatable bonds is 4. The first kappa shape index (κ1) is 19.0. The number of fused-ring (bicyclic) bond motifs is 1. The molecule has 0 unspecified atom stereocenters. The van der Waals surface area contributed by atoms with Crippen LogP contribution in [0.15, 0.2) is 82.1 Å². The summed E-state index contributed by atoms with van der Waals surface area (Å²) < 4.78 is 2.61. The maximum atomic E-state index is 13.3. The Labute approximate surface area is 174 Å². The Morgan fingerprint density at radius 3 is 2.38 bits per heavy atom. The zero-order valence-corrected chi connectivity index (χ0v) is 16.8. The fourth-order valence-corrected chi connectivity index (χ4v) is 3.42. The van der Waals surface area contributed by atoms with Crippen molar-refractivity contribution in [2.24, 2.45) is 0 Å². The van der Waals surface area contributed by atoms with Crippen molar-refractivity contribution in [3.8, 4) is 11.3 Å². The molecule has 1 heterocycles. The van der Waals surface area contributed by atoms with E-state index < -0.39 is 5.91 Å². The van der Waals surface area contributed by atoms with Gasteiger partial charge < -0.3 is 4.57 Å². The van der Waals surface area contributed by atoms with E-state index in [9.17, 15) is 9.59 Å². The molecule has 0 bridgehead atoms. The fourth-order valence-electron chi connectivity index (χ4n) is 3.15. The number of amides is 1. The number of nitrogens with zero attached hydrogens (tertiary/aromatic N) is 2. The van der Waals surface area contributed by atoms with E-state index in [2.05, 4.69) is 20.9 Å². The van der Waals surface area contributed by atoms with E-state index in [0.29, 0.717) is 17.8 Å². The van der Waals surface area contributed by atoms with Crippen molar-refractivity contribution in [3.05, 3.63) is 98.7 Å². The molecule has 0 aliphatic heterocycles. The number of hydroxylamine groups is 1. The Morgan fingerprint density at radius 1 is 1.00 bits per heavy atom. The van der Waals surface area contributed by atoms with Crippen LogP contribution >= 0.6 is 15.9 Å². The normalized spacial score (nSPS) is 10.8. The Hall–Kier alpha value is -3.29. The minimum atomic E-state index is -0.583. The van der Waals surface area contributed by atoms with Crippen molar-refractivity contribution >= 4 is 32.9 Å². The van der Waals surface area contributed by atoms with Gasteiger partial charge in [0, 0.05) is 15.6 Å². The molecule has 0 saturated carbocycles. The van der Waals surface area contributed by atoms with Gasteiger partial charge in [-0.3, -0.25) is 14.8 Å². The first-order valence-corrected chi connectivity index (χ1v) is 9.65. The topological polar surface area (TPSA) is 84.2 Å². The molecule has 0 aliphatic carbocycles. The molecular formula is C22H16BrN3O3. The second-order valence-corrected chi connectivity index (χ2v) is 7.40. The lowest BCUT2D eigenvalue weighted by Gasteiger charge is -2.13. The molecule has 3 aromatic carbocycles. The number of nitrogens with one attached hydrogen (secondary N) is 1. The van der Waals surface area contributed by atoms with Crippen molar-refractivity contribution in [1.29, 1.82) is 0 Å². The van der Waals surface area contributed by atoms with Crippen molar-refractivity contribution in [2.45, 2.75) is 6.54 Å². The molecule has 0 fully saturated rings. The van der Waals surface area contributed by atoms with Crippen molar-refractivity contribution in [3.63, 3.8) is 0 Å². The second kappa shape index (κ2) is 7.98.